The van der Waals surface area contributed by atoms with E-state index >= 15 is 0 Å². The average Bonchev–Trinajstić information content (AvgIpc) is 2.24. The van der Waals surface area contributed by atoms with Gasteiger partial charge in [0.05, 0.1) is 6.54 Å². The molecule has 8 heteroatoms. The topological polar surface area (TPSA) is 55.1 Å². The molecule has 0 aliphatic heterocycles. The lowest BCUT2D eigenvalue weighted by Crippen LogP contribution is -2.41. The number of nitrogens with two attached hydrogens (primary N) is 1. The second-order valence-electron chi connectivity index (χ2n) is 3.52. The van der Waals surface area contributed by atoms with Gasteiger partial charge in [0.1, 0.15) is 0 Å². The summed E-state index contributed by atoms with van der Waals surface area (Å²) in [6.45, 7) is -1.46. The maximum Gasteiger partial charge on any atom is 0.324 e. The summed E-state index contributed by atoms with van der Waals surface area (Å²) in [5.41, 5.74) is 5.48. The summed E-state index contributed by atoms with van der Waals surface area (Å²) < 4.78 is 48.8. The highest BCUT2D eigenvalue weighted by atomic mass is 35.5. The molecule has 0 heterocycles. The monoisotopic (exact) mass is 284 g/mol. The van der Waals surface area contributed by atoms with Crippen molar-refractivity contribution in [1.82, 2.24) is 5.32 Å². The third-order valence-corrected chi connectivity index (χ3v) is 2.20. The number of hydrogen-bond donors (Lipinski definition) is 2. The van der Waals surface area contributed by atoms with Crippen LogP contribution in [0, 0.1) is 0 Å². The van der Waals surface area contributed by atoms with Gasteiger partial charge in [0.25, 0.3) is 5.91 Å². The number of nitrogen functional groups attached to an aromatic ring is 1. The van der Waals surface area contributed by atoms with Crippen LogP contribution in [0.1, 0.15) is 10.4 Å². The Morgan fingerprint density at radius 2 is 2.00 bits per heavy atom. The molecule has 0 aliphatic rings. The highest BCUT2D eigenvalue weighted by Crippen LogP contribution is 2.22. The molecule has 0 fully saturated rings. The lowest BCUT2D eigenvalue weighted by Gasteiger charge is -2.15. The Balaban J connectivity index is 2.72. The number of carbonyl (C=O) groups excluding carboxylic acids is 1. The summed E-state index contributed by atoms with van der Waals surface area (Å²) in [5, 5.41) is 1.83. The van der Waals surface area contributed by atoms with Crippen molar-refractivity contribution in [1.29, 1.82) is 0 Å². The first-order chi connectivity index (χ1) is 8.22. The van der Waals surface area contributed by atoms with Gasteiger partial charge in [-0.3, -0.25) is 4.79 Å². The van der Waals surface area contributed by atoms with E-state index in [-0.39, 0.29) is 16.3 Å². The van der Waals surface area contributed by atoms with Crippen molar-refractivity contribution >= 4 is 23.2 Å². The zero-order valence-electron chi connectivity index (χ0n) is 8.89. The molecular weight excluding hydrogens is 276 g/mol. The Bertz CT molecular complexity index is 433. The van der Waals surface area contributed by atoms with Gasteiger partial charge in [-0.05, 0) is 18.2 Å². The highest BCUT2D eigenvalue weighted by Gasteiger charge is 2.40. The number of benzene rings is 1. The van der Waals surface area contributed by atoms with Gasteiger partial charge < -0.3 is 11.1 Å². The van der Waals surface area contributed by atoms with Crippen molar-refractivity contribution in [3.8, 4) is 0 Å². The first-order valence-corrected chi connectivity index (χ1v) is 5.10. The molecule has 3 nitrogen and oxygen atoms in total. The van der Waals surface area contributed by atoms with Gasteiger partial charge in [0.15, 0.2) is 0 Å². The zero-order chi connectivity index (χ0) is 13.9. The number of hydrogen-bond acceptors (Lipinski definition) is 2. The number of rotatable bonds is 4. The SMILES string of the molecule is Nc1cc(Cl)cc(C(=O)NCC(F)(F)C(F)F)c1. The molecule has 3 N–H and O–H groups in total. The van der Waals surface area contributed by atoms with E-state index in [4.69, 9.17) is 17.3 Å². The molecule has 0 bridgehead atoms. The number of carbonyl (C=O) groups is 1. The standard InChI is InChI=1S/C10H9ClF4N2O/c11-6-1-5(2-7(16)3-6)8(18)17-4-10(14,15)9(12)13/h1-3,9H,4,16H2,(H,17,18). The quantitative estimate of drug-likeness (QED) is 0.659. The summed E-state index contributed by atoms with van der Waals surface area (Å²) >= 11 is 5.61. The Hall–Kier alpha value is -1.50. The van der Waals surface area contributed by atoms with Gasteiger partial charge >= 0.3 is 12.3 Å². The molecule has 100 valence electrons. The molecule has 0 aliphatic carbocycles. The second kappa shape index (κ2) is 5.43. The molecule has 0 atom stereocenters. The van der Waals surface area contributed by atoms with E-state index in [1.807, 2.05) is 0 Å². The second-order valence-corrected chi connectivity index (χ2v) is 3.95. The molecule has 0 saturated carbocycles. The van der Waals surface area contributed by atoms with Crippen molar-refractivity contribution < 1.29 is 22.4 Å². The number of nitrogens with one attached hydrogen (secondary N) is 1. The van der Waals surface area contributed by atoms with Crippen LogP contribution in [0.3, 0.4) is 0 Å². The number of amides is 1. The normalized spacial score (nSPS) is 11.7. The van der Waals surface area contributed by atoms with E-state index in [1.54, 1.807) is 5.32 Å². The number of anilines is 1. The van der Waals surface area contributed by atoms with Crippen LogP contribution in [0.5, 0.6) is 0 Å². The van der Waals surface area contributed by atoms with Crippen molar-refractivity contribution in [3.63, 3.8) is 0 Å². The fourth-order valence-electron chi connectivity index (χ4n) is 1.12. The van der Waals surface area contributed by atoms with Crippen LogP contribution in [0.25, 0.3) is 0 Å². The Morgan fingerprint density at radius 1 is 1.39 bits per heavy atom. The van der Waals surface area contributed by atoms with Crippen LogP contribution >= 0.6 is 11.6 Å². The maximum absolute atomic E-state index is 12.6. The molecule has 18 heavy (non-hydrogen) atoms. The summed E-state index contributed by atoms with van der Waals surface area (Å²) in [7, 11) is 0. The van der Waals surface area contributed by atoms with E-state index < -0.39 is 24.8 Å². The average molecular weight is 285 g/mol. The van der Waals surface area contributed by atoms with Crippen molar-refractivity contribution in [2.75, 3.05) is 12.3 Å². The molecule has 1 amide bonds. The fraction of sp³-hybridized carbons (Fsp3) is 0.300. The Morgan fingerprint density at radius 3 is 2.50 bits per heavy atom. The van der Waals surface area contributed by atoms with E-state index in [1.165, 1.54) is 18.2 Å². The highest BCUT2D eigenvalue weighted by molar-refractivity contribution is 6.31. The van der Waals surface area contributed by atoms with Crippen LogP contribution in [0.2, 0.25) is 5.02 Å². The van der Waals surface area contributed by atoms with Crippen LogP contribution < -0.4 is 11.1 Å². The smallest absolute Gasteiger partial charge is 0.324 e. The van der Waals surface area contributed by atoms with Gasteiger partial charge in [-0.1, -0.05) is 11.6 Å². The lowest BCUT2D eigenvalue weighted by atomic mass is 10.2. The first kappa shape index (κ1) is 14.6. The lowest BCUT2D eigenvalue weighted by molar-refractivity contribution is -0.123. The van der Waals surface area contributed by atoms with E-state index in [9.17, 15) is 22.4 Å². The summed E-state index contributed by atoms with van der Waals surface area (Å²) in [6.07, 6.45) is -3.85. The van der Waals surface area contributed by atoms with Crippen molar-refractivity contribution in [2.45, 2.75) is 12.3 Å². The first-order valence-electron chi connectivity index (χ1n) is 4.72. The molecule has 0 spiro atoms. The maximum atomic E-state index is 12.6. The minimum Gasteiger partial charge on any atom is -0.399 e. The minimum atomic E-state index is -4.28. The van der Waals surface area contributed by atoms with Crippen LogP contribution in [-0.4, -0.2) is 24.8 Å². The van der Waals surface area contributed by atoms with Gasteiger partial charge in [-0.2, -0.15) is 8.78 Å². The van der Waals surface area contributed by atoms with Gasteiger partial charge in [0, 0.05) is 16.3 Å². The Labute approximate surface area is 105 Å². The third kappa shape index (κ3) is 3.76. The summed E-state index contributed by atoms with van der Waals surface area (Å²) in [5.74, 6) is -5.23. The van der Waals surface area contributed by atoms with Crippen LogP contribution in [-0.2, 0) is 0 Å². The van der Waals surface area contributed by atoms with Gasteiger partial charge in [-0.25, -0.2) is 8.78 Å². The minimum absolute atomic E-state index is 0.0786. The van der Waals surface area contributed by atoms with Gasteiger partial charge in [0.2, 0.25) is 0 Å². The van der Waals surface area contributed by atoms with Crippen LogP contribution in [0.15, 0.2) is 18.2 Å². The molecule has 0 radical (unpaired) electrons. The predicted octanol–water partition coefficient (Wildman–Crippen LogP) is 2.55. The van der Waals surface area contributed by atoms with Crippen LogP contribution in [0.4, 0.5) is 23.2 Å². The van der Waals surface area contributed by atoms with Crippen molar-refractivity contribution in [3.05, 3.63) is 28.8 Å². The molecule has 1 aromatic carbocycles. The molecular formula is C10H9ClF4N2O. The van der Waals surface area contributed by atoms with E-state index in [2.05, 4.69) is 0 Å². The molecule has 0 saturated heterocycles. The van der Waals surface area contributed by atoms with E-state index in [0.29, 0.717) is 0 Å². The predicted molar refractivity (Wildman–Crippen MR) is 59.1 cm³/mol. The number of alkyl halides is 4. The molecule has 0 aromatic heterocycles. The molecule has 1 rings (SSSR count). The van der Waals surface area contributed by atoms with Crippen molar-refractivity contribution in [2.24, 2.45) is 0 Å². The fourth-order valence-corrected chi connectivity index (χ4v) is 1.36. The van der Waals surface area contributed by atoms with E-state index in [0.717, 1.165) is 0 Å². The largest absolute Gasteiger partial charge is 0.399 e. The third-order valence-electron chi connectivity index (χ3n) is 1.99. The Kier molecular flexibility index (Phi) is 4.39. The zero-order valence-corrected chi connectivity index (χ0v) is 9.65. The number of halogens is 5. The summed E-state index contributed by atoms with van der Waals surface area (Å²) in [6, 6.07) is 3.74. The summed E-state index contributed by atoms with van der Waals surface area (Å²) in [4.78, 5) is 11.4. The van der Waals surface area contributed by atoms with Gasteiger partial charge in [-0.15, -0.1) is 0 Å². The molecule has 0 unspecified atom stereocenters. The molecule has 1 aromatic rings.